The van der Waals surface area contributed by atoms with Crippen LogP contribution >= 0.6 is 0 Å². The van der Waals surface area contributed by atoms with Gasteiger partial charge in [0.05, 0.1) is 18.8 Å². The van der Waals surface area contributed by atoms with E-state index in [1.165, 1.54) is 12.8 Å². The van der Waals surface area contributed by atoms with Gasteiger partial charge in [-0.05, 0) is 39.3 Å². The molecule has 2 aliphatic rings. The highest BCUT2D eigenvalue weighted by atomic mass is 16.5. The zero-order valence-electron chi connectivity index (χ0n) is 13.6. The van der Waals surface area contributed by atoms with Gasteiger partial charge < -0.3 is 9.05 Å². The van der Waals surface area contributed by atoms with E-state index in [-0.39, 0.29) is 0 Å². The summed E-state index contributed by atoms with van der Waals surface area (Å²) in [5.74, 6) is 3.13. The fourth-order valence-corrected chi connectivity index (χ4v) is 3.08. The lowest BCUT2D eigenvalue weighted by Crippen LogP contribution is -2.30. The summed E-state index contributed by atoms with van der Waals surface area (Å²) in [6.45, 7) is 7.76. The Kier molecular flexibility index (Phi) is 4.13. The Balaban J connectivity index is 1.29. The van der Waals surface area contributed by atoms with Gasteiger partial charge >= 0.3 is 0 Å². The third-order valence-corrected chi connectivity index (χ3v) is 4.51. The molecule has 0 bridgehead atoms. The molecule has 124 valence electrons. The molecule has 2 aromatic rings. The van der Waals surface area contributed by atoms with Gasteiger partial charge in [0.1, 0.15) is 0 Å². The minimum absolute atomic E-state index is 0.529. The molecule has 0 aromatic carbocycles. The Morgan fingerprint density at radius 3 is 2.52 bits per heavy atom. The average molecular weight is 317 g/mol. The highest BCUT2D eigenvalue weighted by Gasteiger charge is 2.30. The normalized spacial score (nSPS) is 20.7. The maximum absolute atomic E-state index is 5.35. The van der Waals surface area contributed by atoms with Crippen LogP contribution in [0.2, 0.25) is 0 Å². The molecular weight excluding hydrogens is 294 g/mol. The minimum Gasteiger partial charge on any atom is -0.360 e. The third-order valence-electron chi connectivity index (χ3n) is 4.51. The summed E-state index contributed by atoms with van der Waals surface area (Å²) in [7, 11) is 0. The molecule has 0 radical (unpaired) electrons. The van der Waals surface area contributed by atoms with E-state index in [9.17, 15) is 0 Å². The van der Waals surface area contributed by atoms with E-state index in [1.54, 1.807) is 0 Å². The van der Waals surface area contributed by atoms with E-state index in [4.69, 9.17) is 9.05 Å². The molecule has 1 saturated carbocycles. The van der Waals surface area contributed by atoms with Gasteiger partial charge in [-0.1, -0.05) is 10.3 Å². The number of aromatic nitrogens is 3. The highest BCUT2D eigenvalue weighted by Crippen LogP contribution is 2.38. The molecule has 0 unspecified atom stereocenters. The third kappa shape index (κ3) is 3.79. The van der Waals surface area contributed by atoms with Crippen LogP contribution in [0.5, 0.6) is 0 Å². The van der Waals surface area contributed by atoms with Crippen molar-refractivity contribution in [3.63, 3.8) is 0 Å². The lowest BCUT2D eigenvalue weighted by Gasteiger charge is -2.19. The fourth-order valence-electron chi connectivity index (χ4n) is 3.08. The average Bonchev–Trinajstić information content (AvgIpc) is 3.21. The Bertz CT molecular complexity index is 648. The summed E-state index contributed by atoms with van der Waals surface area (Å²) in [6, 6.07) is 2.02. The molecule has 3 heterocycles. The van der Waals surface area contributed by atoms with Gasteiger partial charge in [0.2, 0.25) is 5.89 Å². The number of hydrogen-bond donors (Lipinski definition) is 0. The van der Waals surface area contributed by atoms with E-state index in [0.29, 0.717) is 5.92 Å². The Hall–Kier alpha value is -1.73. The zero-order valence-corrected chi connectivity index (χ0v) is 13.6. The van der Waals surface area contributed by atoms with Crippen molar-refractivity contribution in [1.82, 2.24) is 25.1 Å². The molecule has 7 nitrogen and oxygen atoms in total. The molecule has 1 aliphatic carbocycles. The zero-order chi connectivity index (χ0) is 15.6. The first-order valence-corrected chi connectivity index (χ1v) is 8.45. The van der Waals surface area contributed by atoms with Crippen LogP contribution in [0.4, 0.5) is 0 Å². The van der Waals surface area contributed by atoms with E-state index in [0.717, 1.165) is 68.9 Å². The molecule has 0 amide bonds. The van der Waals surface area contributed by atoms with Crippen LogP contribution in [0.15, 0.2) is 15.1 Å². The topological polar surface area (TPSA) is 71.4 Å². The molecule has 2 aromatic heterocycles. The van der Waals surface area contributed by atoms with Crippen molar-refractivity contribution in [3.05, 3.63) is 29.2 Å². The standard InChI is InChI=1S/C16H23N5O2/c1-12-9-14(22-18-12)10-20-5-2-6-21(8-7-20)11-15-17-16(23-19-15)13-3-4-13/h9,13H,2-8,10-11H2,1H3. The summed E-state index contributed by atoms with van der Waals surface area (Å²) in [6.07, 6.45) is 3.53. The van der Waals surface area contributed by atoms with Gasteiger partial charge in [-0.3, -0.25) is 9.80 Å². The number of aryl methyl sites for hydroxylation is 1. The van der Waals surface area contributed by atoms with Crippen LogP contribution in [0.3, 0.4) is 0 Å². The SMILES string of the molecule is Cc1cc(CN2CCCN(Cc3noc(C4CC4)n3)CC2)on1. The van der Waals surface area contributed by atoms with Crippen LogP contribution in [0, 0.1) is 6.92 Å². The monoisotopic (exact) mass is 317 g/mol. The van der Waals surface area contributed by atoms with Crippen molar-refractivity contribution in [2.24, 2.45) is 0 Å². The summed E-state index contributed by atoms with van der Waals surface area (Å²) < 4.78 is 10.7. The van der Waals surface area contributed by atoms with Crippen molar-refractivity contribution in [1.29, 1.82) is 0 Å². The maximum atomic E-state index is 5.35. The van der Waals surface area contributed by atoms with Crippen LogP contribution in [-0.2, 0) is 13.1 Å². The van der Waals surface area contributed by atoms with Crippen molar-refractivity contribution in [2.45, 2.75) is 45.2 Å². The van der Waals surface area contributed by atoms with Crippen molar-refractivity contribution < 1.29 is 9.05 Å². The van der Waals surface area contributed by atoms with Gasteiger partial charge in [0.25, 0.3) is 0 Å². The second-order valence-electron chi connectivity index (χ2n) is 6.66. The van der Waals surface area contributed by atoms with Gasteiger partial charge in [0.15, 0.2) is 11.6 Å². The maximum Gasteiger partial charge on any atom is 0.229 e. The van der Waals surface area contributed by atoms with E-state index in [1.807, 2.05) is 13.0 Å². The molecule has 0 N–H and O–H groups in total. The summed E-state index contributed by atoms with van der Waals surface area (Å²) >= 11 is 0. The minimum atomic E-state index is 0.529. The van der Waals surface area contributed by atoms with E-state index in [2.05, 4.69) is 25.1 Å². The second kappa shape index (κ2) is 6.41. The largest absolute Gasteiger partial charge is 0.360 e. The van der Waals surface area contributed by atoms with Crippen LogP contribution < -0.4 is 0 Å². The van der Waals surface area contributed by atoms with Crippen molar-refractivity contribution in [3.8, 4) is 0 Å². The van der Waals surface area contributed by atoms with Crippen LogP contribution in [0.1, 0.15) is 48.3 Å². The molecular formula is C16H23N5O2. The Morgan fingerprint density at radius 2 is 1.83 bits per heavy atom. The second-order valence-corrected chi connectivity index (χ2v) is 6.66. The summed E-state index contributed by atoms with van der Waals surface area (Å²) in [5, 5.41) is 8.09. The molecule has 7 heteroatoms. The molecule has 1 aliphatic heterocycles. The molecule has 1 saturated heterocycles. The number of nitrogens with zero attached hydrogens (tertiary/aromatic N) is 5. The van der Waals surface area contributed by atoms with Gasteiger partial charge in [-0.25, -0.2) is 0 Å². The van der Waals surface area contributed by atoms with E-state index < -0.39 is 0 Å². The van der Waals surface area contributed by atoms with Crippen LogP contribution in [-0.4, -0.2) is 51.3 Å². The highest BCUT2D eigenvalue weighted by molar-refractivity contribution is 5.03. The smallest absolute Gasteiger partial charge is 0.229 e. The quantitative estimate of drug-likeness (QED) is 0.834. The van der Waals surface area contributed by atoms with Gasteiger partial charge in [-0.2, -0.15) is 4.98 Å². The molecule has 0 atom stereocenters. The lowest BCUT2D eigenvalue weighted by atomic mass is 10.3. The molecule has 0 spiro atoms. The number of rotatable bonds is 5. The predicted molar refractivity (Wildman–Crippen MR) is 82.7 cm³/mol. The van der Waals surface area contributed by atoms with Gasteiger partial charge in [-0.15, -0.1) is 0 Å². The van der Waals surface area contributed by atoms with Crippen LogP contribution in [0.25, 0.3) is 0 Å². The first-order valence-electron chi connectivity index (χ1n) is 8.45. The first-order chi connectivity index (χ1) is 11.3. The van der Waals surface area contributed by atoms with Crippen molar-refractivity contribution >= 4 is 0 Å². The molecule has 2 fully saturated rings. The Morgan fingerprint density at radius 1 is 1.04 bits per heavy atom. The number of hydrogen-bond acceptors (Lipinski definition) is 7. The fraction of sp³-hybridized carbons (Fsp3) is 0.688. The molecule has 4 rings (SSSR count). The summed E-state index contributed by atoms with van der Waals surface area (Å²) in [4.78, 5) is 9.36. The first kappa shape index (κ1) is 14.8. The van der Waals surface area contributed by atoms with Gasteiger partial charge in [0, 0.05) is 25.1 Å². The summed E-state index contributed by atoms with van der Waals surface area (Å²) in [5.41, 5.74) is 0.944. The van der Waals surface area contributed by atoms with E-state index >= 15 is 0 Å². The Labute approximate surface area is 135 Å². The predicted octanol–water partition coefficient (Wildman–Crippen LogP) is 1.95. The molecule has 23 heavy (non-hydrogen) atoms. The lowest BCUT2D eigenvalue weighted by molar-refractivity contribution is 0.222. The van der Waals surface area contributed by atoms with Crippen molar-refractivity contribution in [2.75, 3.05) is 26.2 Å².